The topological polar surface area (TPSA) is 34.1 Å². The first-order chi connectivity index (χ1) is 9.65. The van der Waals surface area contributed by atoms with E-state index in [0.717, 1.165) is 24.3 Å². The average molecular weight is 306 g/mol. The van der Waals surface area contributed by atoms with Gasteiger partial charge in [-0.1, -0.05) is 60.9 Å². The zero-order valence-corrected chi connectivity index (χ0v) is 13.0. The Morgan fingerprint density at radius 3 is 1.80 bits per heavy atom. The summed E-state index contributed by atoms with van der Waals surface area (Å²) in [7, 11) is 0. The molecular weight excluding hydrogens is 288 g/mol. The number of carbonyl (C=O) groups excluding carboxylic acids is 2. The van der Waals surface area contributed by atoms with Crippen LogP contribution in [-0.4, -0.2) is 21.7 Å². The molecule has 106 valence electrons. The van der Waals surface area contributed by atoms with Gasteiger partial charge in [0.15, 0.2) is 0 Å². The Morgan fingerprint density at radius 2 is 1.40 bits per heavy atom. The smallest absolute Gasteiger partial charge is 0.211 e. The standard InChI is InChI=1S/C16H18O2S2/c1-3-15(17)19-10-8-13-6-5-7-14(12-13)9-11-20-16(18)4-2/h3-7,12H,1-2,8-11H2. The minimum atomic E-state index is 0.0143. The molecule has 0 atom stereocenters. The molecule has 0 fully saturated rings. The molecule has 0 saturated heterocycles. The summed E-state index contributed by atoms with van der Waals surface area (Å²) in [6.07, 6.45) is 4.40. The van der Waals surface area contributed by atoms with Gasteiger partial charge in [-0.05, 0) is 36.1 Å². The van der Waals surface area contributed by atoms with E-state index < -0.39 is 0 Å². The molecule has 0 aromatic heterocycles. The predicted molar refractivity (Wildman–Crippen MR) is 89.2 cm³/mol. The van der Waals surface area contributed by atoms with E-state index in [1.54, 1.807) is 0 Å². The Morgan fingerprint density at radius 1 is 0.950 bits per heavy atom. The normalized spacial score (nSPS) is 10.0. The molecule has 2 nitrogen and oxygen atoms in total. The van der Waals surface area contributed by atoms with Crippen LogP contribution >= 0.6 is 23.5 Å². The number of benzene rings is 1. The van der Waals surface area contributed by atoms with E-state index in [1.165, 1.54) is 46.8 Å². The van der Waals surface area contributed by atoms with Gasteiger partial charge in [-0.2, -0.15) is 0 Å². The average Bonchev–Trinajstić information content (AvgIpc) is 2.47. The predicted octanol–water partition coefficient (Wildman–Crippen LogP) is 3.66. The third-order valence-corrected chi connectivity index (χ3v) is 4.31. The minimum absolute atomic E-state index is 0.0143. The van der Waals surface area contributed by atoms with Gasteiger partial charge >= 0.3 is 0 Å². The summed E-state index contributed by atoms with van der Waals surface area (Å²) in [5, 5.41) is 0.0287. The monoisotopic (exact) mass is 306 g/mol. The molecule has 0 saturated carbocycles. The minimum Gasteiger partial charge on any atom is -0.282 e. The lowest BCUT2D eigenvalue weighted by atomic mass is 10.1. The maximum absolute atomic E-state index is 11.1. The molecule has 0 N–H and O–H groups in total. The largest absolute Gasteiger partial charge is 0.282 e. The van der Waals surface area contributed by atoms with Gasteiger partial charge in [0.2, 0.25) is 10.2 Å². The fourth-order valence-corrected chi connectivity index (χ4v) is 2.91. The molecule has 0 aliphatic rings. The van der Waals surface area contributed by atoms with E-state index in [2.05, 4.69) is 31.4 Å². The van der Waals surface area contributed by atoms with Crippen LogP contribution in [0.3, 0.4) is 0 Å². The van der Waals surface area contributed by atoms with Crippen LogP contribution in [0, 0.1) is 0 Å². The molecule has 0 spiro atoms. The molecule has 0 aliphatic heterocycles. The van der Waals surface area contributed by atoms with Gasteiger partial charge in [0.05, 0.1) is 0 Å². The third-order valence-electron chi connectivity index (χ3n) is 2.59. The molecular formula is C16H18O2S2. The summed E-state index contributed by atoms with van der Waals surface area (Å²) < 4.78 is 0. The first-order valence-corrected chi connectivity index (χ1v) is 8.29. The van der Waals surface area contributed by atoms with Gasteiger partial charge in [-0.25, -0.2) is 0 Å². The molecule has 0 heterocycles. The molecule has 4 heteroatoms. The van der Waals surface area contributed by atoms with Crippen molar-refractivity contribution in [2.24, 2.45) is 0 Å². The van der Waals surface area contributed by atoms with Crippen molar-refractivity contribution in [3.05, 3.63) is 60.7 Å². The summed E-state index contributed by atoms with van der Waals surface area (Å²) in [5.74, 6) is 1.52. The Balaban J connectivity index is 2.40. The SMILES string of the molecule is C=CC(=O)SCCc1cccc(CCSC(=O)C=C)c1. The van der Waals surface area contributed by atoms with Gasteiger partial charge in [0, 0.05) is 11.5 Å². The van der Waals surface area contributed by atoms with E-state index >= 15 is 0 Å². The van der Waals surface area contributed by atoms with E-state index in [0.29, 0.717) is 0 Å². The van der Waals surface area contributed by atoms with Crippen molar-refractivity contribution in [3.63, 3.8) is 0 Å². The van der Waals surface area contributed by atoms with E-state index in [-0.39, 0.29) is 10.2 Å². The Labute approximate surface area is 128 Å². The number of aryl methyl sites for hydroxylation is 2. The van der Waals surface area contributed by atoms with Gasteiger partial charge in [-0.15, -0.1) is 0 Å². The van der Waals surface area contributed by atoms with Crippen LogP contribution in [0.25, 0.3) is 0 Å². The highest BCUT2D eigenvalue weighted by Crippen LogP contribution is 2.13. The number of thioether (sulfide) groups is 2. The van der Waals surface area contributed by atoms with E-state index in [1.807, 2.05) is 6.07 Å². The van der Waals surface area contributed by atoms with Crippen molar-refractivity contribution in [2.75, 3.05) is 11.5 Å². The quantitative estimate of drug-likeness (QED) is 0.686. The first kappa shape index (κ1) is 16.8. The first-order valence-electron chi connectivity index (χ1n) is 6.32. The number of hydrogen-bond acceptors (Lipinski definition) is 4. The van der Waals surface area contributed by atoms with Crippen molar-refractivity contribution >= 4 is 33.8 Å². The van der Waals surface area contributed by atoms with Crippen LogP contribution in [0.15, 0.2) is 49.6 Å². The second-order valence-electron chi connectivity index (χ2n) is 4.06. The molecule has 0 unspecified atom stereocenters. The summed E-state index contributed by atoms with van der Waals surface area (Å²) in [6.45, 7) is 6.90. The van der Waals surface area contributed by atoms with Crippen LogP contribution in [0.1, 0.15) is 11.1 Å². The van der Waals surface area contributed by atoms with E-state index in [4.69, 9.17) is 0 Å². The molecule has 1 aromatic carbocycles. The molecule has 20 heavy (non-hydrogen) atoms. The van der Waals surface area contributed by atoms with Crippen molar-refractivity contribution in [3.8, 4) is 0 Å². The highest BCUT2D eigenvalue weighted by Gasteiger charge is 2.01. The molecule has 0 radical (unpaired) electrons. The van der Waals surface area contributed by atoms with Crippen LogP contribution in [0.5, 0.6) is 0 Å². The number of rotatable bonds is 8. The summed E-state index contributed by atoms with van der Waals surface area (Å²) >= 11 is 2.57. The van der Waals surface area contributed by atoms with Crippen LogP contribution in [-0.2, 0) is 22.4 Å². The Bertz CT molecular complexity index is 454. The van der Waals surface area contributed by atoms with Gasteiger partial charge in [0.1, 0.15) is 0 Å². The highest BCUT2D eigenvalue weighted by atomic mass is 32.2. The third kappa shape index (κ3) is 6.78. The lowest BCUT2D eigenvalue weighted by molar-refractivity contribution is -0.107. The fraction of sp³-hybridized carbons (Fsp3) is 0.250. The van der Waals surface area contributed by atoms with Crippen LogP contribution in [0.4, 0.5) is 0 Å². The second kappa shape index (κ2) is 9.61. The van der Waals surface area contributed by atoms with Gasteiger partial charge < -0.3 is 0 Å². The molecule has 1 aromatic rings. The molecule has 1 rings (SSSR count). The number of hydrogen-bond donors (Lipinski definition) is 0. The molecule has 0 bridgehead atoms. The zero-order chi connectivity index (χ0) is 14.8. The Hall–Kier alpha value is -1.26. The Kier molecular flexibility index (Phi) is 8.07. The van der Waals surface area contributed by atoms with Gasteiger partial charge in [-0.3, -0.25) is 9.59 Å². The summed E-state index contributed by atoms with van der Waals surface area (Å²) in [6, 6.07) is 8.28. The fourth-order valence-electron chi connectivity index (χ4n) is 1.60. The van der Waals surface area contributed by atoms with Crippen molar-refractivity contribution in [1.82, 2.24) is 0 Å². The summed E-state index contributed by atoms with van der Waals surface area (Å²) in [5.41, 5.74) is 2.43. The van der Waals surface area contributed by atoms with Crippen molar-refractivity contribution in [1.29, 1.82) is 0 Å². The second-order valence-corrected chi connectivity index (χ2v) is 6.26. The maximum atomic E-state index is 11.1. The van der Waals surface area contributed by atoms with Crippen molar-refractivity contribution < 1.29 is 9.59 Å². The lowest BCUT2D eigenvalue weighted by Gasteiger charge is -2.04. The van der Waals surface area contributed by atoms with E-state index in [9.17, 15) is 9.59 Å². The zero-order valence-electron chi connectivity index (χ0n) is 11.3. The van der Waals surface area contributed by atoms with Gasteiger partial charge in [0.25, 0.3) is 0 Å². The van der Waals surface area contributed by atoms with Crippen LogP contribution in [0.2, 0.25) is 0 Å². The highest BCUT2D eigenvalue weighted by molar-refractivity contribution is 8.14. The lowest BCUT2D eigenvalue weighted by Crippen LogP contribution is -1.96. The molecule has 0 aliphatic carbocycles. The van der Waals surface area contributed by atoms with Crippen LogP contribution < -0.4 is 0 Å². The number of carbonyl (C=O) groups is 2. The molecule has 0 amide bonds. The van der Waals surface area contributed by atoms with Crippen molar-refractivity contribution in [2.45, 2.75) is 12.8 Å². The summed E-state index contributed by atoms with van der Waals surface area (Å²) in [4.78, 5) is 22.2. The maximum Gasteiger partial charge on any atom is 0.211 e.